The lowest BCUT2D eigenvalue weighted by atomic mass is 9.92. The summed E-state index contributed by atoms with van der Waals surface area (Å²) in [5.74, 6) is 0.292. The summed E-state index contributed by atoms with van der Waals surface area (Å²) in [5, 5.41) is 10.1. The number of nitrogens with one attached hydrogen (secondary N) is 3. The predicted octanol–water partition coefficient (Wildman–Crippen LogP) is 2.97. The molecule has 2 heterocycles. The number of carbonyl (C=O) groups is 1. The Balaban J connectivity index is 1.51. The first-order valence-electron chi connectivity index (χ1n) is 8.27. The van der Waals surface area contributed by atoms with Crippen LogP contribution in [-0.2, 0) is 23.2 Å². The standard InChI is InChI=1S/C18H22FN5O/c1-18(2,3)15-9-12(23-24-15)10-20-17(25)7-6-16-21-13-5-4-11(19)8-14(13)22-16/h4-5,8-9H,6-7,10H2,1-3H3,(H,20,25)(H,21,22)(H,23,24). The van der Waals surface area contributed by atoms with Crippen molar-refractivity contribution in [1.29, 1.82) is 0 Å². The zero-order valence-corrected chi connectivity index (χ0v) is 14.6. The molecule has 1 aromatic carbocycles. The maximum atomic E-state index is 13.2. The number of hydrogen-bond acceptors (Lipinski definition) is 3. The fourth-order valence-corrected chi connectivity index (χ4v) is 2.50. The fourth-order valence-electron chi connectivity index (χ4n) is 2.50. The highest BCUT2D eigenvalue weighted by Gasteiger charge is 2.17. The van der Waals surface area contributed by atoms with E-state index < -0.39 is 0 Å². The summed E-state index contributed by atoms with van der Waals surface area (Å²) in [5.41, 5.74) is 3.15. The van der Waals surface area contributed by atoms with Crippen LogP contribution in [0, 0.1) is 5.82 Å². The lowest BCUT2D eigenvalue weighted by molar-refractivity contribution is -0.121. The Morgan fingerprint density at radius 3 is 2.80 bits per heavy atom. The van der Waals surface area contributed by atoms with Gasteiger partial charge in [0, 0.05) is 18.3 Å². The Labute approximate surface area is 145 Å². The van der Waals surface area contributed by atoms with Crippen LogP contribution < -0.4 is 5.32 Å². The zero-order chi connectivity index (χ0) is 18.0. The van der Waals surface area contributed by atoms with E-state index in [-0.39, 0.29) is 17.1 Å². The van der Waals surface area contributed by atoms with Gasteiger partial charge in [-0.05, 0) is 24.3 Å². The van der Waals surface area contributed by atoms with E-state index in [1.54, 1.807) is 6.07 Å². The van der Waals surface area contributed by atoms with Gasteiger partial charge in [-0.3, -0.25) is 9.89 Å². The van der Waals surface area contributed by atoms with Gasteiger partial charge in [-0.2, -0.15) is 5.10 Å². The molecule has 6 nitrogen and oxygen atoms in total. The topological polar surface area (TPSA) is 86.5 Å². The summed E-state index contributed by atoms with van der Waals surface area (Å²) in [7, 11) is 0. The number of imidazole rings is 1. The van der Waals surface area contributed by atoms with Gasteiger partial charge in [0.2, 0.25) is 5.91 Å². The molecule has 1 amide bonds. The van der Waals surface area contributed by atoms with Gasteiger partial charge in [0.1, 0.15) is 11.6 Å². The highest BCUT2D eigenvalue weighted by molar-refractivity contribution is 5.77. The van der Waals surface area contributed by atoms with Crippen molar-refractivity contribution in [2.45, 2.75) is 45.6 Å². The minimum absolute atomic E-state index is 0.0282. The molecule has 2 aromatic heterocycles. The van der Waals surface area contributed by atoms with E-state index in [0.717, 1.165) is 11.4 Å². The smallest absolute Gasteiger partial charge is 0.220 e. The van der Waals surface area contributed by atoms with Gasteiger partial charge < -0.3 is 10.3 Å². The molecule has 0 fully saturated rings. The number of H-pyrrole nitrogens is 2. The molecule has 0 aliphatic carbocycles. The van der Waals surface area contributed by atoms with E-state index in [1.807, 2.05) is 6.07 Å². The van der Waals surface area contributed by atoms with Crippen LogP contribution in [0.4, 0.5) is 4.39 Å². The number of amides is 1. The molecular weight excluding hydrogens is 321 g/mol. The maximum Gasteiger partial charge on any atom is 0.220 e. The number of aromatic nitrogens is 4. The van der Waals surface area contributed by atoms with Crippen LogP contribution in [-0.4, -0.2) is 26.1 Å². The number of aromatic amines is 2. The molecule has 3 N–H and O–H groups in total. The van der Waals surface area contributed by atoms with Crippen LogP contribution >= 0.6 is 0 Å². The van der Waals surface area contributed by atoms with Crippen molar-refractivity contribution in [2.75, 3.05) is 0 Å². The average molecular weight is 343 g/mol. The van der Waals surface area contributed by atoms with Crippen LogP contribution in [0.1, 0.15) is 44.4 Å². The Morgan fingerprint density at radius 2 is 2.08 bits per heavy atom. The summed E-state index contributed by atoms with van der Waals surface area (Å²) >= 11 is 0. The van der Waals surface area contributed by atoms with E-state index in [2.05, 4.69) is 46.3 Å². The van der Waals surface area contributed by atoms with Crippen LogP contribution in [0.3, 0.4) is 0 Å². The Bertz CT molecular complexity index is 890. The van der Waals surface area contributed by atoms with Gasteiger partial charge in [0.05, 0.1) is 29.0 Å². The fraction of sp³-hybridized carbons (Fsp3) is 0.389. The molecule has 7 heteroatoms. The first kappa shape index (κ1) is 17.1. The second-order valence-corrected chi connectivity index (χ2v) is 7.15. The monoisotopic (exact) mass is 343 g/mol. The second kappa shape index (κ2) is 6.66. The largest absolute Gasteiger partial charge is 0.350 e. The lowest BCUT2D eigenvalue weighted by Crippen LogP contribution is -2.23. The molecular formula is C18H22FN5O. The lowest BCUT2D eigenvalue weighted by Gasteiger charge is -2.13. The van der Waals surface area contributed by atoms with Gasteiger partial charge in [0.25, 0.3) is 0 Å². The van der Waals surface area contributed by atoms with E-state index in [9.17, 15) is 9.18 Å². The number of halogens is 1. The highest BCUT2D eigenvalue weighted by atomic mass is 19.1. The normalized spacial score (nSPS) is 11.8. The maximum absolute atomic E-state index is 13.2. The summed E-state index contributed by atoms with van der Waals surface area (Å²) in [6.07, 6.45) is 0.779. The number of nitrogens with zero attached hydrogens (tertiary/aromatic N) is 2. The van der Waals surface area contributed by atoms with E-state index in [4.69, 9.17) is 0 Å². The van der Waals surface area contributed by atoms with Crippen molar-refractivity contribution in [1.82, 2.24) is 25.5 Å². The van der Waals surface area contributed by atoms with Gasteiger partial charge in [0.15, 0.2) is 0 Å². The summed E-state index contributed by atoms with van der Waals surface area (Å²) in [6.45, 7) is 6.67. The van der Waals surface area contributed by atoms with Gasteiger partial charge in [-0.1, -0.05) is 20.8 Å². The Kier molecular flexibility index (Phi) is 4.57. The first-order valence-corrected chi connectivity index (χ1v) is 8.27. The first-order chi connectivity index (χ1) is 11.8. The third-order valence-corrected chi connectivity index (χ3v) is 3.96. The average Bonchev–Trinajstić information content (AvgIpc) is 3.16. The number of carbonyl (C=O) groups excluding carboxylic acids is 1. The molecule has 3 rings (SSSR count). The second-order valence-electron chi connectivity index (χ2n) is 7.15. The Morgan fingerprint density at radius 1 is 1.28 bits per heavy atom. The summed E-state index contributed by atoms with van der Waals surface area (Å²) < 4.78 is 13.2. The molecule has 0 saturated carbocycles. The summed E-state index contributed by atoms with van der Waals surface area (Å²) in [4.78, 5) is 19.4. The van der Waals surface area contributed by atoms with Gasteiger partial charge in [-0.25, -0.2) is 9.37 Å². The minimum atomic E-state index is -0.311. The Hall–Kier alpha value is -2.70. The molecule has 0 radical (unpaired) electrons. The van der Waals surface area contributed by atoms with Gasteiger partial charge in [-0.15, -0.1) is 0 Å². The zero-order valence-electron chi connectivity index (χ0n) is 14.6. The number of rotatable bonds is 5. The van der Waals surface area contributed by atoms with Crippen molar-refractivity contribution in [3.05, 3.63) is 47.3 Å². The molecule has 0 spiro atoms. The third kappa shape index (κ3) is 4.23. The van der Waals surface area contributed by atoms with Crippen LogP contribution in [0.2, 0.25) is 0 Å². The predicted molar refractivity (Wildman–Crippen MR) is 93.5 cm³/mol. The van der Waals surface area contributed by atoms with E-state index in [0.29, 0.717) is 36.2 Å². The molecule has 0 unspecified atom stereocenters. The molecule has 0 aliphatic heterocycles. The minimum Gasteiger partial charge on any atom is -0.350 e. The van der Waals surface area contributed by atoms with Crippen molar-refractivity contribution in [2.24, 2.45) is 0 Å². The van der Waals surface area contributed by atoms with Crippen molar-refractivity contribution < 1.29 is 9.18 Å². The van der Waals surface area contributed by atoms with Gasteiger partial charge >= 0.3 is 0 Å². The molecule has 0 saturated heterocycles. The SMILES string of the molecule is CC(C)(C)c1cc(CNC(=O)CCc2nc3ccc(F)cc3[nH]2)[nH]n1. The van der Waals surface area contributed by atoms with E-state index >= 15 is 0 Å². The number of benzene rings is 1. The van der Waals surface area contributed by atoms with Crippen LogP contribution in [0.25, 0.3) is 11.0 Å². The van der Waals surface area contributed by atoms with Crippen molar-refractivity contribution in [3.8, 4) is 0 Å². The molecule has 25 heavy (non-hydrogen) atoms. The van der Waals surface area contributed by atoms with Crippen LogP contribution in [0.15, 0.2) is 24.3 Å². The quantitative estimate of drug-likeness (QED) is 0.666. The number of aryl methyl sites for hydroxylation is 1. The van der Waals surface area contributed by atoms with Crippen molar-refractivity contribution >= 4 is 16.9 Å². The molecule has 0 atom stereocenters. The molecule has 3 aromatic rings. The highest BCUT2D eigenvalue weighted by Crippen LogP contribution is 2.20. The molecule has 132 valence electrons. The molecule has 0 aliphatic rings. The number of hydrogen-bond donors (Lipinski definition) is 3. The third-order valence-electron chi connectivity index (χ3n) is 3.96. The van der Waals surface area contributed by atoms with E-state index in [1.165, 1.54) is 12.1 Å². The van der Waals surface area contributed by atoms with Crippen molar-refractivity contribution in [3.63, 3.8) is 0 Å². The van der Waals surface area contributed by atoms with Crippen LogP contribution in [0.5, 0.6) is 0 Å². The number of fused-ring (bicyclic) bond motifs is 1. The summed E-state index contributed by atoms with van der Waals surface area (Å²) in [6, 6.07) is 6.36. The molecule has 0 bridgehead atoms.